The monoisotopic (exact) mass is 528 g/mol. The molecule has 1 unspecified atom stereocenters. The van der Waals surface area contributed by atoms with Gasteiger partial charge in [-0.2, -0.15) is 0 Å². The Kier molecular flexibility index (Phi) is 17.1. The van der Waals surface area contributed by atoms with Crippen LogP contribution in [0.15, 0.2) is 12.1 Å². The van der Waals surface area contributed by atoms with Crippen LogP contribution in [-0.2, 0) is 25.7 Å². The van der Waals surface area contributed by atoms with Gasteiger partial charge in [-0.1, -0.05) is 34.1 Å². The number of nitrogens with zero attached hydrogens (tertiary/aromatic N) is 1. The van der Waals surface area contributed by atoms with Crippen molar-refractivity contribution < 1.29 is 43.4 Å². The number of nitro groups is 1. The molecule has 0 aromatic heterocycles. The summed E-state index contributed by atoms with van der Waals surface area (Å²) in [6.45, 7) is 6.63. The Bertz CT molecular complexity index is 873. The average Bonchev–Trinajstić information content (AvgIpc) is 2.87. The molecule has 1 atom stereocenters. The van der Waals surface area contributed by atoms with Gasteiger partial charge in [-0.25, -0.2) is 4.79 Å². The summed E-state index contributed by atoms with van der Waals surface area (Å²) in [5.41, 5.74) is -0.256. The number of aliphatic hydroxyl groups is 1. The van der Waals surface area contributed by atoms with Gasteiger partial charge in [0.1, 0.15) is 19.0 Å². The first-order valence-corrected chi connectivity index (χ1v) is 12.2. The zero-order chi connectivity index (χ0) is 28.4. The Labute approximate surface area is 217 Å². The molecule has 1 rings (SSSR count). The van der Waals surface area contributed by atoms with Crippen LogP contribution in [0.3, 0.4) is 0 Å². The van der Waals surface area contributed by atoms with E-state index in [2.05, 4.69) is 19.2 Å². The molecule has 12 nitrogen and oxygen atoms in total. The van der Waals surface area contributed by atoms with Crippen molar-refractivity contribution in [1.29, 1.82) is 0 Å². The molecule has 1 amide bonds. The number of carbonyl (C=O) groups is 3. The fraction of sp³-hybridized carbons (Fsp3) is 0.640. The summed E-state index contributed by atoms with van der Waals surface area (Å²) in [5, 5.41) is 23.1. The fourth-order valence-electron chi connectivity index (χ4n) is 2.81. The van der Waals surface area contributed by atoms with Crippen molar-refractivity contribution in [1.82, 2.24) is 5.32 Å². The number of hydrogen-bond donors (Lipinski definition) is 2. The summed E-state index contributed by atoms with van der Waals surface area (Å²) in [5.74, 6) is -0.0562. The van der Waals surface area contributed by atoms with Crippen LogP contribution in [0.25, 0.3) is 0 Å². The molecule has 0 heterocycles. The van der Waals surface area contributed by atoms with E-state index in [9.17, 15) is 29.6 Å². The maximum atomic E-state index is 12.1. The first-order chi connectivity index (χ1) is 17.5. The minimum absolute atomic E-state index is 0.0408. The minimum atomic E-state index is -0.966. The number of benzene rings is 1. The predicted molar refractivity (Wildman–Crippen MR) is 136 cm³/mol. The van der Waals surface area contributed by atoms with Crippen LogP contribution in [0, 0.1) is 16.0 Å². The van der Waals surface area contributed by atoms with Gasteiger partial charge in [-0.15, -0.1) is 0 Å². The van der Waals surface area contributed by atoms with E-state index >= 15 is 0 Å². The lowest BCUT2D eigenvalue weighted by Gasteiger charge is -2.16. The number of unbranched alkanes of at least 4 members (excludes halogenated alkanes) is 1. The van der Waals surface area contributed by atoms with E-state index in [1.807, 2.05) is 13.8 Å². The molecule has 1 aromatic rings. The van der Waals surface area contributed by atoms with E-state index in [-0.39, 0.29) is 47.5 Å². The van der Waals surface area contributed by atoms with Crippen LogP contribution in [0.4, 0.5) is 10.5 Å². The van der Waals surface area contributed by atoms with Gasteiger partial charge in [0.15, 0.2) is 11.5 Å². The van der Waals surface area contributed by atoms with Gasteiger partial charge < -0.3 is 29.4 Å². The van der Waals surface area contributed by atoms with Gasteiger partial charge in [0, 0.05) is 18.8 Å². The first-order valence-electron chi connectivity index (χ1n) is 12.2. The van der Waals surface area contributed by atoms with Crippen LogP contribution >= 0.6 is 0 Å². The number of amides is 1. The zero-order valence-electron chi connectivity index (χ0n) is 22.5. The van der Waals surface area contributed by atoms with E-state index in [0.29, 0.717) is 19.3 Å². The first kappa shape index (κ1) is 33.6. The summed E-state index contributed by atoms with van der Waals surface area (Å²) in [6, 6.07) is 1.55. The summed E-state index contributed by atoms with van der Waals surface area (Å²) in [6.07, 6.45) is 1.85. The molecule has 0 aliphatic heterocycles. The number of Topliss-reactive ketones (excluding diaryl/α,β-unsaturated/α-hetero) is 1. The van der Waals surface area contributed by atoms with Crippen LogP contribution in [0.5, 0.6) is 11.5 Å². The van der Waals surface area contributed by atoms with Crippen molar-refractivity contribution in [3.05, 3.63) is 27.8 Å². The second-order valence-electron chi connectivity index (χ2n) is 8.41. The highest BCUT2D eigenvalue weighted by Crippen LogP contribution is 2.34. The highest BCUT2D eigenvalue weighted by molar-refractivity contribution is 5.80. The van der Waals surface area contributed by atoms with E-state index in [4.69, 9.17) is 18.9 Å². The van der Waals surface area contributed by atoms with Gasteiger partial charge >= 0.3 is 12.1 Å². The van der Waals surface area contributed by atoms with Crippen LogP contribution in [0.1, 0.15) is 65.4 Å². The van der Waals surface area contributed by atoms with Gasteiger partial charge in [-0.3, -0.25) is 19.7 Å². The van der Waals surface area contributed by atoms with Crippen molar-refractivity contribution in [2.45, 2.75) is 72.4 Å². The van der Waals surface area contributed by atoms with Crippen molar-refractivity contribution in [3.8, 4) is 11.5 Å². The maximum absolute atomic E-state index is 12.1. The molecule has 2 N–H and O–H groups in total. The molecule has 0 aliphatic rings. The molecule has 0 radical (unpaired) electrons. The Balaban J connectivity index is 0.00000410. The average molecular weight is 529 g/mol. The molecule has 0 aliphatic carbocycles. The molecule has 37 heavy (non-hydrogen) atoms. The number of carbonyl (C=O) groups excluding carboxylic acids is 3. The molecule has 0 saturated heterocycles. The Morgan fingerprint density at radius 1 is 1.03 bits per heavy atom. The highest BCUT2D eigenvalue weighted by atomic mass is 16.6. The number of hydrogen-bond acceptors (Lipinski definition) is 10. The smallest absolute Gasteiger partial charge is 0.407 e. The molecule has 0 spiro atoms. The number of ether oxygens (including phenoxy) is 4. The van der Waals surface area contributed by atoms with Crippen LogP contribution in [-0.4, -0.2) is 61.4 Å². The Morgan fingerprint density at radius 3 is 2.11 bits per heavy atom. The predicted octanol–water partition coefficient (Wildman–Crippen LogP) is 3.94. The molecular formula is C25H40N2O10. The third-order valence-corrected chi connectivity index (χ3v) is 4.83. The molecule has 210 valence electrons. The van der Waals surface area contributed by atoms with E-state index in [1.54, 1.807) is 0 Å². The van der Waals surface area contributed by atoms with Crippen molar-refractivity contribution in [3.63, 3.8) is 0 Å². The molecule has 0 bridgehead atoms. The molecule has 1 aromatic carbocycles. The highest BCUT2D eigenvalue weighted by Gasteiger charge is 2.22. The van der Waals surface area contributed by atoms with Crippen LogP contribution in [0.2, 0.25) is 0 Å². The van der Waals surface area contributed by atoms with E-state index in [0.717, 1.165) is 6.07 Å². The van der Waals surface area contributed by atoms with Gasteiger partial charge in [0.2, 0.25) is 0 Å². The van der Waals surface area contributed by atoms with Crippen molar-refractivity contribution >= 4 is 23.5 Å². The number of ketones is 1. The Hall–Kier alpha value is -3.41. The number of methoxy groups -OCH3 is 2. The fourth-order valence-corrected chi connectivity index (χ4v) is 2.81. The lowest BCUT2D eigenvalue weighted by Crippen LogP contribution is -2.41. The molecule has 12 heteroatoms. The van der Waals surface area contributed by atoms with Gasteiger partial charge in [0.25, 0.3) is 5.69 Å². The lowest BCUT2D eigenvalue weighted by atomic mass is 10.0. The molecule has 0 fully saturated rings. The minimum Gasteiger partial charge on any atom is -0.493 e. The topological polar surface area (TPSA) is 164 Å². The van der Waals surface area contributed by atoms with Crippen LogP contribution < -0.4 is 14.8 Å². The third-order valence-electron chi connectivity index (χ3n) is 4.83. The summed E-state index contributed by atoms with van der Waals surface area (Å²) in [4.78, 5) is 46.1. The summed E-state index contributed by atoms with van der Waals surface area (Å²) >= 11 is 0. The van der Waals surface area contributed by atoms with E-state index in [1.165, 1.54) is 26.7 Å². The second-order valence-corrected chi connectivity index (χ2v) is 8.41. The number of rotatable bonds is 15. The normalized spacial score (nSPS) is 11.0. The summed E-state index contributed by atoms with van der Waals surface area (Å²) < 4.78 is 20.2. The van der Waals surface area contributed by atoms with Crippen molar-refractivity contribution in [2.75, 3.05) is 27.4 Å². The van der Waals surface area contributed by atoms with Gasteiger partial charge in [0.05, 0.1) is 43.4 Å². The number of nitro benzene ring substituents is 1. The lowest BCUT2D eigenvalue weighted by molar-refractivity contribution is -0.385. The second kappa shape index (κ2) is 18.8. The number of nitrogens with one attached hydrogen (secondary N) is 1. The Morgan fingerprint density at radius 2 is 1.59 bits per heavy atom. The standard InChI is InChI=1S/C22H32N2O10.C3H8/c1-14(2)18(26)7-5-6-8-21(27)33-13-16(11-25)23-22(28)34-12-15-9-19(31-3)20(32-4)10-17(15)24(29)30;1-3-2/h9-10,14,16,25H,5-8,11-13H2,1-4H3,(H,23,28);3H2,1-2H3. The largest absolute Gasteiger partial charge is 0.493 e. The molecule has 0 saturated carbocycles. The zero-order valence-corrected chi connectivity index (χ0v) is 22.5. The quantitative estimate of drug-likeness (QED) is 0.147. The number of esters is 1. The van der Waals surface area contributed by atoms with E-state index < -0.39 is 36.2 Å². The van der Waals surface area contributed by atoms with Gasteiger partial charge in [-0.05, 0) is 18.9 Å². The molecular weight excluding hydrogens is 488 g/mol. The maximum Gasteiger partial charge on any atom is 0.407 e. The SMILES string of the molecule is CCC.COc1cc(COC(=O)NC(CO)COC(=O)CCCCC(=O)C(C)C)c([N+](=O)[O-])cc1OC. The third kappa shape index (κ3) is 13.5. The summed E-state index contributed by atoms with van der Waals surface area (Å²) in [7, 11) is 2.69. The number of aliphatic hydroxyl groups excluding tert-OH is 1. The van der Waals surface area contributed by atoms with Crippen molar-refractivity contribution in [2.24, 2.45) is 5.92 Å². The number of alkyl carbamates (subject to hydrolysis) is 1.